The summed E-state index contributed by atoms with van der Waals surface area (Å²) in [4.78, 5) is 0. The molecule has 2 nitrogen and oxygen atoms in total. The largest absolute Gasteiger partial charge is 0.370 e. The molecule has 0 bridgehead atoms. The molecule has 1 N–H and O–H groups in total. The van der Waals surface area contributed by atoms with Crippen LogP contribution in [0.1, 0.15) is 32.4 Å². The summed E-state index contributed by atoms with van der Waals surface area (Å²) in [5.74, 6) is 0. The minimum absolute atomic E-state index is 0.0682. The zero-order chi connectivity index (χ0) is 12.0. The van der Waals surface area contributed by atoms with Gasteiger partial charge in [0.25, 0.3) is 0 Å². The highest BCUT2D eigenvalue weighted by Gasteiger charge is 2.13. The first-order valence-corrected chi connectivity index (χ1v) is 6.13. The smallest absolute Gasteiger partial charge is 0.0953 e. The zero-order valence-electron chi connectivity index (χ0n) is 10.2. The molecule has 0 radical (unpaired) electrons. The molecule has 1 aromatic carbocycles. The SMILES string of the molecule is CCNCC(OC(C)C)c1cccc(Cl)c1. The molecule has 1 atom stereocenters. The van der Waals surface area contributed by atoms with Crippen LogP contribution in [0, 0.1) is 0 Å². The normalized spacial score (nSPS) is 13.1. The van der Waals surface area contributed by atoms with Crippen molar-refractivity contribution in [3.8, 4) is 0 Å². The summed E-state index contributed by atoms with van der Waals surface area (Å²) in [5, 5.41) is 4.06. The predicted octanol–water partition coefficient (Wildman–Crippen LogP) is 3.42. The van der Waals surface area contributed by atoms with Crippen LogP contribution in [0.15, 0.2) is 24.3 Å². The summed E-state index contributed by atoms with van der Waals surface area (Å²) in [5.41, 5.74) is 1.13. The van der Waals surface area contributed by atoms with Crippen LogP contribution in [-0.4, -0.2) is 19.2 Å². The molecule has 0 saturated heterocycles. The molecule has 1 aromatic rings. The molecule has 0 spiro atoms. The summed E-state index contributed by atoms with van der Waals surface area (Å²) < 4.78 is 5.87. The van der Waals surface area contributed by atoms with Crippen LogP contribution in [0.2, 0.25) is 5.02 Å². The Morgan fingerprint density at radius 2 is 2.12 bits per heavy atom. The first-order valence-electron chi connectivity index (χ1n) is 5.75. The highest BCUT2D eigenvalue weighted by molar-refractivity contribution is 6.30. The van der Waals surface area contributed by atoms with Crippen molar-refractivity contribution in [3.63, 3.8) is 0 Å². The number of likely N-dealkylation sites (N-methyl/N-ethyl adjacent to an activating group) is 1. The van der Waals surface area contributed by atoms with Gasteiger partial charge in [0.15, 0.2) is 0 Å². The molecule has 1 rings (SSSR count). The first-order chi connectivity index (χ1) is 7.63. The van der Waals surface area contributed by atoms with Crippen molar-refractivity contribution >= 4 is 11.6 Å². The molecule has 0 aliphatic rings. The van der Waals surface area contributed by atoms with Gasteiger partial charge < -0.3 is 10.1 Å². The average molecular weight is 242 g/mol. The second-order valence-corrected chi connectivity index (χ2v) is 4.47. The molecule has 3 heteroatoms. The number of nitrogens with one attached hydrogen (secondary N) is 1. The molecule has 0 aliphatic carbocycles. The van der Waals surface area contributed by atoms with Crippen molar-refractivity contribution in [1.82, 2.24) is 5.32 Å². The Balaban J connectivity index is 2.74. The van der Waals surface area contributed by atoms with E-state index in [-0.39, 0.29) is 12.2 Å². The van der Waals surface area contributed by atoms with E-state index >= 15 is 0 Å². The average Bonchev–Trinajstić information content (AvgIpc) is 2.23. The van der Waals surface area contributed by atoms with Crippen molar-refractivity contribution < 1.29 is 4.74 Å². The molecule has 0 saturated carbocycles. The fourth-order valence-corrected chi connectivity index (χ4v) is 1.75. The van der Waals surface area contributed by atoms with E-state index in [1.54, 1.807) is 0 Å². The highest BCUT2D eigenvalue weighted by atomic mass is 35.5. The van der Waals surface area contributed by atoms with Crippen molar-refractivity contribution in [2.24, 2.45) is 0 Å². The number of rotatable bonds is 6. The van der Waals surface area contributed by atoms with Gasteiger partial charge in [0.05, 0.1) is 12.2 Å². The van der Waals surface area contributed by atoms with Crippen LogP contribution >= 0.6 is 11.6 Å². The van der Waals surface area contributed by atoms with Crippen molar-refractivity contribution in [3.05, 3.63) is 34.9 Å². The summed E-state index contributed by atoms with van der Waals surface area (Å²) in [7, 11) is 0. The Hall–Kier alpha value is -0.570. The molecule has 0 aromatic heterocycles. The van der Waals surface area contributed by atoms with E-state index in [0.29, 0.717) is 0 Å². The first kappa shape index (κ1) is 13.5. The third-order valence-corrected chi connectivity index (χ3v) is 2.47. The Bertz CT molecular complexity index is 315. The van der Waals surface area contributed by atoms with E-state index in [1.165, 1.54) is 0 Å². The van der Waals surface area contributed by atoms with Gasteiger partial charge in [-0.05, 0) is 38.1 Å². The Labute approximate surface area is 103 Å². The topological polar surface area (TPSA) is 21.3 Å². The fraction of sp³-hybridized carbons (Fsp3) is 0.538. The van der Waals surface area contributed by atoms with Gasteiger partial charge in [-0.25, -0.2) is 0 Å². The lowest BCUT2D eigenvalue weighted by atomic mass is 10.1. The maximum atomic E-state index is 5.98. The van der Waals surface area contributed by atoms with Gasteiger partial charge in [-0.2, -0.15) is 0 Å². The summed E-state index contributed by atoms with van der Waals surface area (Å²) in [6.45, 7) is 7.94. The zero-order valence-corrected chi connectivity index (χ0v) is 10.9. The number of hydrogen-bond acceptors (Lipinski definition) is 2. The van der Waals surface area contributed by atoms with Crippen LogP contribution in [0.3, 0.4) is 0 Å². The maximum absolute atomic E-state index is 5.98. The van der Waals surface area contributed by atoms with Gasteiger partial charge in [0, 0.05) is 11.6 Å². The minimum Gasteiger partial charge on any atom is -0.370 e. The van der Waals surface area contributed by atoms with Gasteiger partial charge >= 0.3 is 0 Å². The monoisotopic (exact) mass is 241 g/mol. The number of benzene rings is 1. The number of hydrogen-bond donors (Lipinski definition) is 1. The minimum atomic E-state index is 0.0682. The van der Waals surface area contributed by atoms with Gasteiger partial charge in [-0.3, -0.25) is 0 Å². The third kappa shape index (κ3) is 4.52. The molecule has 16 heavy (non-hydrogen) atoms. The van der Waals surface area contributed by atoms with Crippen LogP contribution in [0.4, 0.5) is 0 Å². The van der Waals surface area contributed by atoms with Crippen molar-refractivity contribution in [1.29, 1.82) is 0 Å². The van der Waals surface area contributed by atoms with E-state index in [1.807, 2.05) is 32.0 Å². The van der Waals surface area contributed by atoms with Crippen LogP contribution in [-0.2, 0) is 4.74 Å². The predicted molar refractivity (Wildman–Crippen MR) is 69.0 cm³/mol. The summed E-state index contributed by atoms with van der Waals surface area (Å²) >= 11 is 5.98. The lowest BCUT2D eigenvalue weighted by Crippen LogP contribution is -2.25. The van der Waals surface area contributed by atoms with Gasteiger partial charge in [-0.15, -0.1) is 0 Å². The Morgan fingerprint density at radius 3 is 2.69 bits per heavy atom. The Morgan fingerprint density at radius 1 is 1.38 bits per heavy atom. The molecule has 1 unspecified atom stereocenters. The fourth-order valence-electron chi connectivity index (χ4n) is 1.56. The van der Waals surface area contributed by atoms with E-state index < -0.39 is 0 Å². The second-order valence-electron chi connectivity index (χ2n) is 4.04. The number of ether oxygens (including phenoxy) is 1. The van der Waals surface area contributed by atoms with Crippen LogP contribution in [0.5, 0.6) is 0 Å². The van der Waals surface area contributed by atoms with Gasteiger partial charge in [0.1, 0.15) is 0 Å². The van der Waals surface area contributed by atoms with Crippen molar-refractivity contribution in [2.75, 3.05) is 13.1 Å². The quantitative estimate of drug-likeness (QED) is 0.824. The molecular weight excluding hydrogens is 222 g/mol. The van der Waals surface area contributed by atoms with E-state index in [4.69, 9.17) is 16.3 Å². The molecular formula is C13H20ClNO. The van der Waals surface area contributed by atoms with Crippen LogP contribution < -0.4 is 5.32 Å². The lowest BCUT2D eigenvalue weighted by molar-refractivity contribution is 0.00741. The van der Waals surface area contributed by atoms with Gasteiger partial charge in [-0.1, -0.05) is 30.7 Å². The summed E-state index contributed by atoms with van der Waals surface area (Å²) in [6, 6.07) is 7.85. The van der Waals surface area contributed by atoms with E-state index in [9.17, 15) is 0 Å². The molecule has 90 valence electrons. The van der Waals surface area contributed by atoms with Crippen molar-refractivity contribution in [2.45, 2.75) is 33.0 Å². The van der Waals surface area contributed by atoms with Gasteiger partial charge in [0.2, 0.25) is 0 Å². The molecule has 0 heterocycles. The summed E-state index contributed by atoms with van der Waals surface area (Å²) in [6.07, 6.45) is 0.279. The third-order valence-electron chi connectivity index (χ3n) is 2.24. The maximum Gasteiger partial charge on any atom is 0.0953 e. The lowest BCUT2D eigenvalue weighted by Gasteiger charge is -2.21. The standard InChI is InChI=1S/C13H20ClNO/c1-4-15-9-13(16-10(2)3)11-6-5-7-12(14)8-11/h5-8,10,13,15H,4,9H2,1-3H3. The molecule has 0 aliphatic heterocycles. The van der Waals surface area contributed by atoms with E-state index in [2.05, 4.69) is 18.3 Å². The van der Waals surface area contributed by atoms with E-state index in [0.717, 1.165) is 23.7 Å². The highest BCUT2D eigenvalue weighted by Crippen LogP contribution is 2.21. The second kappa shape index (κ2) is 6.89. The molecule has 0 amide bonds. The Kier molecular flexibility index (Phi) is 5.81. The number of halogens is 1. The van der Waals surface area contributed by atoms with Crippen LogP contribution in [0.25, 0.3) is 0 Å². The molecule has 0 fully saturated rings.